The quantitative estimate of drug-likeness (QED) is 0.654. The number of nitro benzene ring substituents is 1. The van der Waals surface area contributed by atoms with Crippen molar-refractivity contribution in [3.05, 3.63) is 33.9 Å². The average Bonchev–Trinajstić information content (AvgIpc) is 2.46. The summed E-state index contributed by atoms with van der Waals surface area (Å²) >= 11 is 0. The predicted molar refractivity (Wildman–Crippen MR) is 80.0 cm³/mol. The normalized spacial score (nSPS) is 22.3. The number of nitrogens with zero attached hydrogens (tertiary/aromatic N) is 1. The summed E-state index contributed by atoms with van der Waals surface area (Å²) in [6, 6.07) is 2.92. The Morgan fingerprint density at radius 2 is 1.79 bits per heavy atom. The van der Waals surface area contributed by atoms with E-state index in [2.05, 4.69) is 4.72 Å². The van der Waals surface area contributed by atoms with E-state index in [4.69, 9.17) is 0 Å². The molecule has 1 fully saturated rings. The van der Waals surface area contributed by atoms with Gasteiger partial charge in [-0.1, -0.05) is 6.07 Å². The first-order chi connectivity index (χ1) is 11.0. The summed E-state index contributed by atoms with van der Waals surface area (Å²) in [4.78, 5) is 9.96. The van der Waals surface area contributed by atoms with Crippen molar-refractivity contribution in [1.29, 1.82) is 0 Å². The third-order valence-electron chi connectivity index (χ3n) is 4.20. The molecule has 1 aromatic carbocycles. The second kappa shape index (κ2) is 6.67. The molecule has 6 nitrogen and oxygen atoms in total. The molecule has 1 aromatic rings. The standard InChI is InChI=1S/C14H17F3N2O4S/c1-9-2-7-12(8-13(9)19(20)21)24(22,23)18-11-5-3-10(4-6-11)14(15,16)17/h2,7-8,10-11,18H,3-6H2,1H3. The fourth-order valence-electron chi connectivity index (χ4n) is 2.78. The summed E-state index contributed by atoms with van der Waals surface area (Å²) in [5, 5.41) is 10.9. The van der Waals surface area contributed by atoms with Crippen LogP contribution < -0.4 is 4.72 Å². The molecule has 10 heteroatoms. The van der Waals surface area contributed by atoms with Gasteiger partial charge in [-0.2, -0.15) is 13.2 Å². The van der Waals surface area contributed by atoms with E-state index in [1.165, 1.54) is 19.1 Å². The number of hydrogen-bond acceptors (Lipinski definition) is 4. The average molecular weight is 366 g/mol. The van der Waals surface area contributed by atoms with Crippen LogP contribution in [0.4, 0.5) is 18.9 Å². The Morgan fingerprint density at radius 3 is 2.29 bits per heavy atom. The van der Waals surface area contributed by atoms with Crippen molar-refractivity contribution in [2.45, 2.75) is 49.7 Å². The maximum atomic E-state index is 12.6. The zero-order chi connectivity index (χ0) is 18.1. The van der Waals surface area contributed by atoms with Crippen LogP contribution in [0.25, 0.3) is 0 Å². The van der Waals surface area contributed by atoms with Gasteiger partial charge >= 0.3 is 6.18 Å². The number of hydrogen-bond donors (Lipinski definition) is 1. The monoisotopic (exact) mass is 366 g/mol. The number of benzene rings is 1. The molecule has 0 atom stereocenters. The number of nitrogens with one attached hydrogen (secondary N) is 1. The van der Waals surface area contributed by atoms with Crippen LogP contribution in [-0.4, -0.2) is 25.6 Å². The maximum Gasteiger partial charge on any atom is 0.391 e. The number of halogens is 3. The van der Waals surface area contributed by atoms with Crippen LogP contribution in [0.1, 0.15) is 31.2 Å². The third-order valence-corrected chi connectivity index (χ3v) is 5.72. The second-order valence-corrected chi connectivity index (χ2v) is 7.63. The predicted octanol–water partition coefficient (Wildman–Crippen LogP) is 3.30. The largest absolute Gasteiger partial charge is 0.391 e. The van der Waals surface area contributed by atoms with Gasteiger partial charge in [0, 0.05) is 17.7 Å². The van der Waals surface area contributed by atoms with Crippen molar-refractivity contribution < 1.29 is 26.5 Å². The number of aryl methyl sites for hydroxylation is 1. The van der Waals surface area contributed by atoms with Gasteiger partial charge in [0.05, 0.1) is 15.7 Å². The summed E-state index contributed by atoms with van der Waals surface area (Å²) in [6.45, 7) is 1.49. The molecule has 0 radical (unpaired) electrons. The van der Waals surface area contributed by atoms with E-state index < -0.39 is 33.1 Å². The molecule has 0 saturated heterocycles. The summed E-state index contributed by atoms with van der Waals surface area (Å²) in [7, 11) is -4.02. The Labute approximate surface area is 137 Å². The highest BCUT2D eigenvalue weighted by molar-refractivity contribution is 7.89. The van der Waals surface area contributed by atoms with E-state index in [1.54, 1.807) is 0 Å². The molecule has 1 aliphatic rings. The van der Waals surface area contributed by atoms with E-state index in [9.17, 15) is 31.7 Å². The van der Waals surface area contributed by atoms with E-state index >= 15 is 0 Å². The van der Waals surface area contributed by atoms with Crippen molar-refractivity contribution in [1.82, 2.24) is 4.72 Å². The topological polar surface area (TPSA) is 89.3 Å². The lowest BCUT2D eigenvalue weighted by Gasteiger charge is -2.30. The van der Waals surface area contributed by atoms with Gasteiger partial charge in [0.15, 0.2) is 0 Å². The van der Waals surface area contributed by atoms with Crippen molar-refractivity contribution in [2.24, 2.45) is 5.92 Å². The molecule has 0 bridgehead atoms. The molecule has 1 aliphatic carbocycles. The molecule has 1 N–H and O–H groups in total. The molecule has 0 aliphatic heterocycles. The van der Waals surface area contributed by atoms with Crippen LogP contribution in [0.2, 0.25) is 0 Å². The minimum absolute atomic E-state index is 0.0807. The summed E-state index contributed by atoms with van der Waals surface area (Å²) in [5.74, 6) is -1.40. The fourth-order valence-corrected chi connectivity index (χ4v) is 4.10. The Kier molecular flexibility index (Phi) is 5.19. The first kappa shape index (κ1) is 18.7. The first-order valence-electron chi connectivity index (χ1n) is 7.35. The fraction of sp³-hybridized carbons (Fsp3) is 0.571. The Hall–Kier alpha value is -1.68. The van der Waals surface area contributed by atoms with Gasteiger partial charge in [0.25, 0.3) is 5.69 Å². The molecular weight excluding hydrogens is 349 g/mol. The first-order valence-corrected chi connectivity index (χ1v) is 8.83. The van der Waals surface area contributed by atoms with E-state index in [-0.39, 0.29) is 36.3 Å². The highest BCUT2D eigenvalue weighted by Gasteiger charge is 2.42. The van der Waals surface area contributed by atoms with Crippen LogP contribution in [0, 0.1) is 23.0 Å². The Bertz CT molecular complexity index is 726. The minimum atomic E-state index is -4.26. The van der Waals surface area contributed by atoms with Crippen LogP contribution in [0.15, 0.2) is 23.1 Å². The number of alkyl halides is 3. The molecule has 24 heavy (non-hydrogen) atoms. The van der Waals surface area contributed by atoms with Crippen LogP contribution in [0.5, 0.6) is 0 Å². The van der Waals surface area contributed by atoms with E-state index in [0.29, 0.717) is 5.56 Å². The zero-order valence-electron chi connectivity index (χ0n) is 12.8. The number of rotatable bonds is 4. The van der Waals surface area contributed by atoms with Crippen LogP contribution in [-0.2, 0) is 10.0 Å². The molecule has 0 heterocycles. The molecule has 0 spiro atoms. The number of nitro groups is 1. The van der Waals surface area contributed by atoms with Gasteiger partial charge < -0.3 is 0 Å². The van der Waals surface area contributed by atoms with E-state index in [0.717, 1.165) is 6.07 Å². The minimum Gasteiger partial charge on any atom is -0.258 e. The molecule has 1 saturated carbocycles. The summed E-state index contributed by atoms with van der Waals surface area (Å²) < 4.78 is 64.8. The van der Waals surface area contributed by atoms with Gasteiger partial charge in [-0.25, -0.2) is 13.1 Å². The van der Waals surface area contributed by atoms with Gasteiger partial charge in [-0.3, -0.25) is 10.1 Å². The van der Waals surface area contributed by atoms with Crippen molar-refractivity contribution in [3.8, 4) is 0 Å². The Balaban J connectivity index is 2.10. The molecule has 2 rings (SSSR count). The maximum absolute atomic E-state index is 12.6. The van der Waals surface area contributed by atoms with Gasteiger partial charge in [0.2, 0.25) is 10.0 Å². The summed E-state index contributed by atoms with van der Waals surface area (Å²) in [5.41, 5.74) is 0.00305. The van der Waals surface area contributed by atoms with Crippen LogP contribution in [0.3, 0.4) is 0 Å². The number of sulfonamides is 1. The molecule has 0 amide bonds. The van der Waals surface area contributed by atoms with Crippen molar-refractivity contribution >= 4 is 15.7 Å². The lowest BCUT2D eigenvalue weighted by molar-refractivity contribution is -0.385. The van der Waals surface area contributed by atoms with Gasteiger partial charge in [-0.05, 0) is 38.7 Å². The lowest BCUT2D eigenvalue weighted by Crippen LogP contribution is -2.40. The van der Waals surface area contributed by atoms with Gasteiger partial charge in [0.1, 0.15) is 0 Å². The zero-order valence-corrected chi connectivity index (χ0v) is 13.7. The second-order valence-electron chi connectivity index (χ2n) is 5.92. The molecule has 0 aromatic heterocycles. The van der Waals surface area contributed by atoms with Gasteiger partial charge in [-0.15, -0.1) is 0 Å². The highest BCUT2D eigenvalue weighted by Crippen LogP contribution is 2.37. The van der Waals surface area contributed by atoms with E-state index in [1.807, 2.05) is 0 Å². The van der Waals surface area contributed by atoms with Crippen LogP contribution >= 0.6 is 0 Å². The molecule has 0 unspecified atom stereocenters. The molecule has 134 valence electrons. The lowest BCUT2D eigenvalue weighted by atomic mass is 9.86. The highest BCUT2D eigenvalue weighted by atomic mass is 32.2. The smallest absolute Gasteiger partial charge is 0.258 e. The third kappa shape index (κ3) is 4.23. The van der Waals surface area contributed by atoms with Crippen molar-refractivity contribution in [3.63, 3.8) is 0 Å². The SMILES string of the molecule is Cc1ccc(S(=O)(=O)NC2CCC(C(F)(F)F)CC2)cc1[N+](=O)[O-]. The Morgan fingerprint density at radius 1 is 1.21 bits per heavy atom. The van der Waals surface area contributed by atoms with Crippen molar-refractivity contribution in [2.75, 3.05) is 0 Å². The summed E-state index contributed by atoms with van der Waals surface area (Å²) in [6.07, 6.45) is -4.37. The molecular formula is C14H17F3N2O4S.